The molecule has 0 spiro atoms. The van der Waals surface area contributed by atoms with Crippen molar-refractivity contribution >= 4 is 37.6 Å². The monoisotopic (exact) mass is 376 g/mol. The van der Waals surface area contributed by atoms with Crippen LogP contribution >= 0.6 is 31.9 Å². The van der Waals surface area contributed by atoms with E-state index in [0.29, 0.717) is 0 Å². The molecule has 0 amide bonds. The molecule has 1 aliphatic rings. The number of alkyl halides is 2. The van der Waals surface area contributed by atoms with Gasteiger partial charge in [-0.3, -0.25) is 4.79 Å². The van der Waals surface area contributed by atoms with Gasteiger partial charge in [-0.2, -0.15) is 0 Å². The maximum Gasteiger partial charge on any atom is 0.172 e. The van der Waals surface area contributed by atoms with Crippen LogP contribution in [0, 0.1) is 5.41 Å². The molecule has 3 heteroatoms. The van der Waals surface area contributed by atoms with Gasteiger partial charge in [-0.05, 0) is 44.6 Å². The Bertz CT molecular complexity index is 378. The summed E-state index contributed by atoms with van der Waals surface area (Å²) in [6.45, 7) is 8.44. The molecular formula is C15H22Br2O. The van der Waals surface area contributed by atoms with Crippen molar-refractivity contribution in [1.29, 1.82) is 0 Å². The summed E-state index contributed by atoms with van der Waals surface area (Å²) >= 11 is 7.23. The molecule has 0 fully saturated rings. The second-order valence-electron chi connectivity index (χ2n) is 6.02. The van der Waals surface area contributed by atoms with Crippen LogP contribution in [0.15, 0.2) is 23.8 Å². The number of allylic oxidation sites excluding steroid dienone is 4. The summed E-state index contributed by atoms with van der Waals surface area (Å²) in [6.07, 6.45) is 9.03. The Morgan fingerprint density at radius 3 is 2.56 bits per heavy atom. The summed E-state index contributed by atoms with van der Waals surface area (Å²) in [5.41, 5.74) is 1.44. The van der Waals surface area contributed by atoms with E-state index in [-0.39, 0.29) is 16.0 Å². The van der Waals surface area contributed by atoms with Crippen LogP contribution in [0.4, 0.5) is 0 Å². The fourth-order valence-corrected chi connectivity index (χ4v) is 2.67. The molecule has 0 unspecified atom stereocenters. The highest BCUT2D eigenvalue weighted by atomic mass is 79.9. The van der Waals surface area contributed by atoms with Gasteiger partial charge < -0.3 is 0 Å². The highest BCUT2D eigenvalue weighted by Gasteiger charge is 2.35. The summed E-state index contributed by atoms with van der Waals surface area (Å²) in [7, 11) is 0. The number of rotatable bonds is 0. The molecule has 0 aromatic carbocycles. The Morgan fingerprint density at radius 1 is 1.33 bits per heavy atom. The van der Waals surface area contributed by atoms with Crippen LogP contribution < -0.4 is 0 Å². The van der Waals surface area contributed by atoms with Crippen molar-refractivity contribution in [1.82, 2.24) is 0 Å². The van der Waals surface area contributed by atoms with E-state index in [1.165, 1.54) is 5.57 Å². The fraction of sp³-hybridized carbons (Fsp3) is 0.667. The van der Waals surface area contributed by atoms with Gasteiger partial charge in [0.15, 0.2) is 5.78 Å². The van der Waals surface area contributed by atoms with Crippen molar-refractivity contribution in [2.24, 2.45) is 5.41 Å². The number of halogens is 2. The Morgan fingerprint density at radius 2 is 1.94 bits per heavy atom. The quantitative estimate of drug-likeness (QED) is 0.419. The lowest BCUT2D eigenvalue weighted by molar-refractivity contribution is -0.116. The molecule has 0 saturated heterocycles. The van der Waals surface area contributed by atoms with Gasteiger partial charge >= 0.3 is 0 Å². The Balaban J connectivity index is 3.05. The predicted octanol–water partition coefficient (Wildman–Crippen LogP) is 5.19. The number of hydrogen-bond donors (Lipinski definition) is 0. The Hall–Kier alpha value is 0.110. The van der Waals surface area contributed by atoms with Crippen LogP contribution in [0.5, 0.6) is 0 Å². The van der Waals surface area contributed by atoms with Gasteiger partial charge in [0.1, 0.15) is 0 Å². The lowest BCUT2D eigenvalue weighted by Crippen LogP contribution is -2.36. The molecular weight excluding hydrogens is 356 g/mol. The fourth-order valence-electron chi connectivity index (χ4n) is 1.85. The van der Waals surface area contributed by atoms with E-state index in [9.17, 15) is 4.79 Å². The average molecular weight is 378 g/mol. The van der Waals surface area contributed by atoms with E-state index < -0.39 is 4.32 Å². The summed E-state index contributed by atoms with van der Waals surface area (Å²) in [4.78, 5) is 12.4. The van der Waals surface area contributed by atoms with Crippen LogP contribution in [0.25, 0.3) is 0 Å². The van der Waals surface area contributed by atoms with Gasteiger partial charge in [-0.25, -0.2) is 0 Å². The first-order valence-electron chi connectivity index (χ1n) is 6.37. The summed E-state index contributed by atoms with van der Waals surface area (Å²) in [5.74, 6) is 0.136. The number of carbonyl (C=O) groups excluding carboxylic acids is 1. The van der Waals surface area contributed by atoms with Gasteiger partial charge in [0.05, 0.1) is 4.32 Å². The zero-order valence-electron chi connectivity index (χ0n) is 11.6. The van der Waals surface area contributed by atoms with Gasteiger partial charge in [0.2, 0.25) is 0 Å². The minimum Gasteiger partial charge on any atom is -0.293 e. The highest BCUT2D eigenvalue weighted by Crippen LogP contribution is 2.35. The number of hydrogen-bond acceptors (Lipinski definition) is 1. The van der Waals surface area contributed by atoms with Crippen molar-refractivity contribution in [2.45, 2.75) is 56.1 Å². The molecule has 1 aliphatic carbocycles. The second kappa shape index (κ2) is 6.04. The third-order valence-corrected chi connectivity index (χ3v) is 6.46. The molecule has 0 radical (unpaired) electrons. The summed E-state index contributed by atoms with van der Waals surface area (Å²) in [5, 5.41) is 0. The van der Waals surface area contributed by atoms with Crippen LogP contribution in [0.3, 0.4) is 0 Å². The third-order valence-electron chi connectivity index (χ3n) is 3.52. The Labute approximate surface area is 127 Å². The normalized spacial score (nSPS) is 38.4. The van der Waals surface area contributed by atoms with Crippen LogP contribution in [-0.4, -0.2) is 14.9 Å². The standard InChI is InChI=1S/C15H22Br2O/c1-11-5-6-12(16)15(4,17)13(18)8-10-14(2,3)9-7-11/h7-8,10,12H,5-6,9H2,1-4H3/b10-8+,11-7+/t12-,15-/m0/s1. The molecule has 18 heavy (non-hydrogen) atoms. The molecule has 0 N–H and O–H groups in total. The van der Waals surface area contributed by atoms with Gasteiger partial charge in [-0.1, -0.05) is 63.4 Å². The number of carbonyl (C=O) groups is 1. The third kappa shape index (κ3) is 4.34. The maximum atomic E-state index is 12.3. The van der Waals surface area contributed by atoms with Gasteiger partial charge in [-0.15, -0.1) is 0 Å². The molecule has 0 saturated carbocycles. The first-order chi connectivity index (χ1) is 8.15. The molecule has 1 nitrogen and oxygen atoms in total. The zero-order valence-corrected chi connectivity index (χ0v) is 14.8. The topological polar surface area (TPSA) is 17.1 Å². The van der Waals surface area contributed by atoms with Crippen molar-refractivity contribution in [3.8, 4) is 0 Å². The van der Waals surface area contributed by atoms with E-state index in [4.69, 9.17) is 0 Å². The molecule has 0 aromatic heterocycles. The van der Waals surface area contributed by atoms with Crippen LogP contribution in [-0.2, 0) is 4.79 Å². The molecule has 0 heterocycles. The highest BCUT2D eigenvalue weighted by molar-refractivity contribution is 9.12. The predicted molar refractivity (Wildman–Crippen MR) is 85.6 cm³/mol. The van der Waals surface area contributed by atoms with Crippen molar-refractivity contribution in [3.05, 3.63) is 23.8 Å². The van der Waals surface area contributed by atoms with E-state index in [1.807, 2.05) is 13.0 Å². The molecule has 0 aliphatic heterocycles. The first-order valence-corrected chi connectivity index (χ1v) is 8.08. The molecule has 2 atom stereocenters. The minimum absolute atomic E-state index is 0.0339. The van der Waals surface area contributed by atoms with Crippen molar-refractivity contribution < 1.29 is 4.79 Å². The molecule has 1 rings (SSSR count). The van der Waals surface area contributed by atoms with Crippen molar-refractivity contribution in [3.63, 3.8) is 0 Å². The van der Waals surface area contributed by atoms with Gasteiger partial charge in [0, 0.05) is 4.83 Å². The average Bonchev–Trinajstić information content (AvgIpc) is 2.30. The number of ketones is 1. The van der Waals surface area contributed by atoms with E-state index in [1.54, 1.807) is 6.08 Å². The summed E-state index contributed by atoms with van der Waals surface area (Å²) in [6, 6.07) is 0. The van der Waals surface area contributed by atoms with E-state index >= 15 is 0 Å². The first kappa shape index (κ1) is 16.2. The van der Waals surface area contributed by atoms with E-state index in [2.05, 4.69) is 58.7 Å². The zero-order chi connectivity index (χ0) is 14.0. The largest absolute Gasteiger partial charge is 0.293 e. The van der Waals surface area contributed by atoms with Crippen LogP contribution in [0.2, 0.25) is 0 Å². The lowest BCUT2D eigenvalue weighted by atomic mass is 9.87. The maximum absolute atomic E-state index is 12.3. The second-order valence-corrected chi connectivity index (χ2v) is 8.78. The lowest BCUT2D eigenvalue weighted by Gasteiger charge is -2.26. The van der Waals surface area contributed by atoms with Crippen molar-refractivity contribution in [2.75, 3.05) is 0 Å². The SMILES string of the molecule is C/C1=C\CC(C)(C)/C=C/C(=O)[C@@](C)(Br)[C@@H](Br)CC1. The Kier molecular flexibility index (Phi) is 5.43. The van der Waals surface area contributed by atoms with E-state index in [0.717, 1.165) is 19.3 Å². The van der Waals surface area contributed by atoms with Crippen LogP contribution in [0.1, 0.15) is 47.0 Å². The van der Waals surface area contributed by atoms with Gasteiger partial charge in [0.25, 0.3) is 0 Å². The molecule has 102 valence electrons. The molecule has 0 bridgehead atoms. The summed E-state index contributed by atoms with van der Waals surface area (Å²) < 4.78 is -0.524. The smallest absolute Gasteiger partial charge is 0.172 e. The minimum atomic E-state index is -0.524. The molecule has 0 aromatic rings.